The van der Waals surface area contributed by atoms with E-state index in [9.17, 15) is 52.7 Å². The average Bonchev–Trinajstić information content (AvgIpc) is 2.24. The van der Waals surface area contributed by atoms with Crippen LogP contribution >= 0.6 is 0 Å². The zero-order chi connectivity index (χ0) is 16.4. The first-order chi connectivity index (χ1) is 8.46. The predicted molar refractivity (Wildman–Crippen MR) is 38.8 cm³/mol. The molecule has 0 heterocycles. The minimum Gasteiger partial charge on any atom is -0.195 e. The molecule has 0 fully saturated rings. The van der Waals surface area contributed by atoms with Gasteiger partial charge in [-0.2, -0.15) is 52.7 Å². The summed E-state index contributed by atoms with van der Waals surface area (Å²) in [5.74, 6) is -41.3. The van der Waals surface area contributed by atoms with Crippen molar-refractivity contribution in [3.05, 3.63) is 12.2 Å². The maximum atomic E-state index is 12.7. The Morgan fingerprint density at radius 3 is 0.750 bits per heavy atom. The Bertz CT molecular complexity index is 391. The maximum absolute atomic E-state index is 12.7. The van der Waals surface area contributed by atoms with E-state index in [-0.39, 0.29) is 0 Å². The summed E-state index contributed by atoms with van der Waals surface area (Å²) in [6, 6.07) is 0. The van der Waals surface area contributed by atoms with Crippen molar-refractivity contribution in [3.8, 4) is 0 Å². The predicted octanol–water partition coefficient (Wildman–Crippen LogP) is 4.37. The Kier molecular flexibility index (Phi) is 3.18. The summed E-state index contributed by atoms with van der Waals surface area (Å²) in [6.07, 6.45) is -3.30. The Hall–Kier alpha value is -1.10. The third kappa shape index (κ3) is 1.65. The summed E-state index contributed by atoms with van der Waals surface area (Å²) in [5, 5.41) is 0. The highest BCUT2D eigenvalue weighted by atomic mass is 19.4. The fraction of sp³-hybridized carbons (Fsp3) is 0.750. The summed E-state index contributed by atoms with van der Waals surface area (Å²) >= 11 is 0. The molecule has 0 amide bonds. The first-order valence-corrected chi connectivity index (χ1v) is 4.43. The number of rotatable bonds is 0. The first-order valence-electron chi connectivity index (χ1n) is 4.43. The smallest absolute Gasteiger partial charge is 0.195 e. The lowest BCUT2D eigenvalue weighted by molar-refractivity contribution is -0.418. The van der Waals surface area contributed by atoms with Crippen LogP contribution in [0, 0.1) is 0 Å². The largest absolute Gasteiger partial charge is 0.385 e. The molecule has 0 bridgehead atoms. The molecular weight excluding hydrogens is 324 g/mol. The second-order valence-electron chi connectivity index (χ2n) is 3.88. The molecule has 1 rings (SSSR count). The summed E-state index contributed by atoms with van der Waals surface area (Å²) in [5.41, 5.74) is 0. The van der Waals surface area contributed by atoms with Gasteiger partial charge in [0.05, 0.1) is 0 Å². The van der Waals surface area contributed by atoms with Crippen LogP contribution in [0.25, 0.3) is 0 Å². The maximum Gasteiger partial charge on any atom is 0.385 e. The zero-order valence-electron chi connectivity index (χ0n) is 8.69. The normalized spacial score (nSPS) is 32.2. The SMILES string of the molecule is FC1(F)C=CC(F)(F)C(F)(F)C(F)(F)C(F)(F)C1(F)F. The minimum absolute atomic E-state index is 1.65. The lowest BCUT2D eigenvalue weighted by atomic mass is 9.88. The molecule has 0 radical (unpaired) electrons. The number of allylic oxidation sites excluding steroid dienone is 2. The Morgan fingerprint density at radius 1 is 0.350 bits per heavy atom. The monoisotopic (exact) mass is 326 g/mol. The molecule has 0 N–H and O–H groups in total. The van der Waals surface area contributed by atoms with Crippen molar-refractivity contribution in [2.24, 2.45) is 0 Å². The van der Waals surface area contributed by atoms with Gasteiger partial charge in [-0.15, -0.1) is 0 Å². The fourth-order valence-corrected chi connectivity index (χ4v) is 1.23. The summed E-state index contributed by atoms with van der Waals surface area (Å²) in [6.45, 7) is 0. The number of alkyl halides is 12. The van der Waals surface area contributed by atoms with Gasteiger partial charge in [-0.3, -0.25) is 0 Å². The van der Waals surface area contributed by atoms with E-state index in [4.69, 9.17) is 0 Å². The van der Waals surface area contributed by atoms with Crippen LogP contribution in [0.3, 0.4) is 0 Å². The molecular formula is C8H2F12. The third-order valence-electron chi connectivity index (χ3n) is 2.52. The van der Waals surface area contributed by atoms with Gasteiger partial charge in [-0.25, -0.2) is 0 Å². The van der Waals surface area contributed by atoms with Crippen LogP contribution in [0.15, 0.2) is 12.2 Å². The molecule has 118 valence electrons. The quantitative estimate of drug-likeness (QED) is 0.458. The van der Waals surface area contributed by atoms with E-state index in [0.29, 0.717) is 0 Å². The number of hydrogen-bond acceptors (Lipinski definition) is 0. The van der Waals surface area contributed by atoms with Crippen LogP contribution in [-0.2, 0) is 0 Å². The highest BCUT2D eigenvalue weighted by molar-refractivity contribution is 5.23. The van der Waals surface area contributed by atoms with Gasteiger partial charge in [-0.05, 0) is 12.2 Å². The van der Waals surface area contributed by atoms with Crippen LogP contribution in [0.4, 0.5) is 52.7 Å². The lowest BCUT2D eigenvalue weighted by Crippen LogP contribution is -2.71. The molecule has 0 aromatic carbocycles. The van der Waals surface area contributed by atoms with Crippen molar-refractivity contribution in [2.45, 2.75) is 35.5 Å². The summed E-state index contributed by atoms with van der Waals surface area (Å²) < 4.78 is 152. The van der Waals surface area contributed by atoms with E-state index in [1.165, 1.54) is 0 Å². The molecule has 0 unspecified atom stereocenters. The topological polar surface area (TPSA) is 0 Å². The van der Waals surface area contributed by atoms with Crippen LogP contribution in [0.1, 0.15) is 0 Å². The molecule has 0 atom stereocenters. The molecule has 20 heavy (non-hydrogen) atoms. The van der Waals surface area contributed by atoms with Crippen molar-refractivity contribution in [1.82, 2.24) is 0 Å². The van der Waals surface area contributed by atoms with Gasteiger partial charge in [0.2, 0.25) is 0 Å². The molecule has 0 aromatic heterocycles. The van der Waals surface area contributed by atoms with Crippen LogP contribution in [-0.4, -0.2) is 35.5 Å². The van der Waals surface area contributed by atoms with Crippen molar-refractivity contribution < 1.29 is 52.7 Å². The van der Waals surface area contributed by atoms with Gasteiger partial charge in [0.1, 0.15) is 0 Å². The molecule has 0 aromatic rings. The molecule has 1 aliphatic carbocycles. The number of hydrogen-bond donors (Lipinski definition) is 0. The van der Waals surface area contributed by atoms with Gasteiger partial charge >= 0.3 is 35.5 Å². The van der Waals surface area contributed by atoms with Gasteiger partial charge < -0.3 is 0 Å². The summed E-state index contributed by atoms with van der Waals surface area (Å²) in [7, 11) is 0. The Morgan fingerprint density at radius 2 is 0.550 bits per heavy atom. The Balaban J connectivity index is 3.76. The van der Waals surface area contributed by atoms with Crippen molar-refractivity contribution in [2.75, 3.05) is 0 Å². The molecule has 12 heteroatoms. The van der Waals surface area contributed by atoms with E-state index in [1.54, 1.807) is 0 Å². The molecule has 0 nitrogen and oxygen atoms in total. The minimum atomic E-state index is -7.43. The van der Waals surface area contributed by atoms with Crippen molar-refractivity contribution in [3.63, 3.8) is 0 Å². The highest BCUT2D eigenvalue weighted by Crippen LogP contribution is 2.61. The number of halogens is 12. The van der Waals surface area contributed by atoms with E-state index >= 15 is 0 Å². The second-order valence-corrected chi connectivity index (χ2v) is 3.88. The first kappa shape index (κ1) is 17.0. The molecule has 0 saturated carbocycles. The fourth-order valence-electron chi connectivity index (χ4n) is 1.23. The average molecular weight is 326 g/mol. The van der Waals surface area contributed by atoms with E-state index in [1.807, 2.05) is 0 Å². The van der Waals surface area contributed by atoms with E-state index in [0.717, 1.165) is 0 Å². The molecule has 1 aliphatic rings. The van der Waals surface area contributed by atoms with Crippen molar-refractivity contribution >= 4 is 0 Å². The van der Waals surface area contributed by atoms with E-state index < -0.39 is 47.7 Å². The molecule has 0 aliphatic heterocycles. The highest BCUT2D eigenvalue weighted by Gasteiger charge is 2.90. The van der Waals surface area contributed by atoms with Crippen LogP contribution in [0.5, 0.6) is 0 Å². The van der Waals surface area contributed by atoms with Gasteiger partial charge in [0, 0.05) is 0 Å². The summed E-state index contributed by atoms with van der Waals surface area (Å²) in [4.78, 5) is 0. The Labute approximate surface area is 102 Å². The van der Waals surface area contributed by atoms with Gasteiger partial charge in [0.15, 0.2) is 0 Å². The zero-order valence-corrected chi connectivity index (χ0v) is 8.69. The van der Waals surface area contributed by atoms with E-state index in [2.05, 4.69) is 0 Å². The van der Waals surface area contributed by atoms with Crippen LogP contribution in [0.2, 0.25) is 0 Å². The second kappa shape index (κ2) is 3.75. The molecule has 0 saturated heterocycles. The lowest BCUT2D eigenvalue weighted by Gasteiger charge is -2.42. The molecule has 0 spiro atoms. The van der Waals surface area contributed by atoms with Gasteiger partial charge in [-0.1, -0.05) is 0 Å². The standard InChI is InChI=1S/C8H2F12/c9-3(10)1-2-4(11,12)6(15,16)8(19,20)7(17,18)5(3,13)14/h1-2H. The van der Waals surface area contributed by atoms with Crippen molar-refractivity contribution in [1.29, 1.82) is 0 Å². The third-order valence-corrected chi connectivity index (χ3v) is 2.52. The van der Waals surface area contributed by atoms with Gasteiger partial charge in [0.25, 0.3) is 0 Å². The van der Waals surface area contributed by atoms with Crippen LogP contribution < -0.4 is 0 Å².